The molecule has 0 saturated carbocycles. The van der Waals surface area contributed by atoms with Gasteiger partial charge in [0.15, 0.2) is 0 Å². The highest BCUT2D eigenvalue weighted by molar-refractivity contribution is 9.10. The molecule has 102 valence electrons. The predicted molar refractivity (Wildman–Crippen MR) is 86.0 cm³/mol. The van der Waals surface area contributed by atoms with Gasteiger partial charge < -0.3 is 10.6 Å². The van der Waals surface area contributed by atoms with E-state index in [0.717, 1.165) is 21.4 Å². The molecule has 0 saturated heterocycles. The van der Waals surface area contributed by atoms with Gasteiger partial charge in [0.05, 0.1) is 17.3 Å². The van der Waals surface area contributed by atoms with E-state index in [9.17, 15) is 0 Å². The molecule has 0 spiro atoms. The monoisotopic (exact) mass is 329 g/mol. The fourth-order valence-electron chi connectivity index (χ4n) is 1.98. The zero-order valence-corrected chi connectivity index (χ0v) is 13.1. The minimum atomic E-state index is 0.0144. The Morgan fingerprint density at radius 1 is 1.20 bits per heavy atom. The van der Waals surface area contributed by atoms with Crippen molar-refractivity contribution in [3.63, 3.8) is 0 Å². The van der Waals surface area contributed by atoms with Gasteiger partial charge in [0.1, 0.15) is 0 Å². The summed E-state index contributed by atoms with van der Waals surface area (Å²) in [4.78, 5) is 2.07. The molecule has 2 N–H and O–H groups in total. The Balaban J connectivity index is 2.33. The van der Waals surface area contributed by atoms with Gasteiger partial charge in [-0.05, 0) is 64.8 Å². The van der Waals surface area contributed by atoms with Crippen LogP contribution in [0.4, 0.5) is 11.4 Å². The molecule has 0 aliphatic rings. The van der Waals surface area contributed by atoms with Crippen LogP contribution in [0.5, 0.6) is 0 Å². The highest BCUT2D eigenvalue weighted by atomic mass is 79.9. The average Bonchev–Trinajstić information content (AvgIpc) is 2.46. The van der Waals surface area contributed by atoms with Crippen molar-refractivity contribution >= 4 is 27.3 Å². The van der Waals surface area contributed by atoms with E-state index in [1.807, 2.05) is 56.4 Å². The molecular weight excluding hydrogens is 314 g/mol. The molecule has 1 atom stereocenters. The maximum absolute atomic E-state index is 8.83. The van der Waals surface area contributed by atoms with Gasteiger partial charge >= 0.3 is 0 Å². The van der Waals surface area contributed by atoms with E-state index in [4.69, 9.17) is 11.0 Å². The van der Waals surface area contributed by atoms with Crippen LogP contribution in [0.15, 0.2) is 46.9 Å². The van der Waals surface area contributed by atoms with Crippen LogP contribution in [0, 0.1) is 11.3 Å². The first-order valence-corrected chi connectivity index (χ1v) is 7.11. The Morgan fingerprint density at radius 3 is 2.35 bits per heavy atom. The third kappa shape index (κ3) is 3.01. The van der Waals surface area contributed by atoms with Crippen molar-refractivity contribution < 1.29 is 0 Å². The molecule has 3 nitrogen and oxygen atoms in total. The summed E-state index contributed by atoms with van der Waals surface area (Å²) in [5.74, 6) is 0. The Hall–Kier alpha value is -1.83. The Kier molecular flexibility index (Phi) is 4.43. The lowest BCUT2D eigenvalue weighted by Crippen LogP contribution is -2.11. The van der Waals surface area contributed by atoms with Crippen molar-refractivity contribution in [3.05, 3.63) is 58.1 Å². The molecule has 0 fully saturated rings. The van der Waals surface area contributed by atoms with E-state index in [2.05, 4.69) is 26.9 Å². The fourth-order valence-corrected chi connectivity index (χ4v) is 2.64. The summed E-state index contributed by atoms with van der Waals surface area (Å²) in [5.41, 5.74) is 9.72. The lowest BCUT2D eigenvalue weighted by atomic mass is 10.1. The molecular formula is C16H16BrN3. The predicted octanol–water partition coefficient (Wildman–Crippen LogP) is 4.11. The summed E-state index contributed by atoms with van der Waals surface area (Å²) in [6, 6.07) is 15.8. The number of rotatable bonds is 3. The van der Waals surface area contributed by atoms with Gasteiger partial charge in [-0.15, -0.1) is 0 Å². The van der Waals surface area contributed by atoms with Crippen LogP contribution in [0.2, 0.25) is 0 Å². The summed E-state index contributed by atoms with van der Waals surface area (Å²) in [6.07, 6.45) is 0. The minimum absolute atomic E-state index is 0.0144. The number of nitrogens with zero attached hydrogens (tertiary/aromatic N) is 2. The van der Waals surface area contributed by atoms with Crippen molar-refractivity contribution in [2.24, 2.45) is 5.73 Å². The fraction of sp³-hybridized carbons (Fsp3) is 0.188. The molecule has 0 bridgehead atoms. The standard InChI is InChI=1S/C16H16BrN3/c1-11(19)13-5-8-16(15(17)9-13)20(2)14-6-3-12(10-18)4-7-14/h3-9,11H,19H2,1-2H3. The van der Waals surface area contributed by atoms with Gasteiger partial charge in [0.2, 0.25) is 0 Å². The number of nitrogens with two attached hydrogens (primary N) is 1. The number of nitriles is 1. The molecule has 0 radical (unpaired) electrons. The zero-order chi connectivity index (χ0) is 14.7. The van der Waals surface area contributed by atoms with Gasteiger partial charge in [-0.1, -0.05) is 6.07 Å². The first kappa shape index (κ1) is 14.6. The van der Waals surface area contributed by atoms with E-state index < -0.39 is 0 Å². The molecule has 20 heavy (non-hydrogen) atoms. The van der Waals surface area contributed by atoms with Crippen LogP contribution >= 0.6 is 15.9 Å². The Morgan fingerprint density at radius 2 is 1.85 bits per heavy atom. The molecule has 4 heteroatoms. The summed E-state index contributed by atoms with van der Waals surface area (Å²) >= 11 is 3.59. The van der Waals surface area contributed by atoms with Gasteiger partial charge in [-0.3, -0.25) is 0 Å². The van der Waals surface area contributed by atoms with Crippen molar-refractivity contribution in [1.29, 1.82) is 5.26 Å². The van der Waals surface area contributed by atoms with Crippen LogP contribution in [0.25, 0.3) is 0 Å². The third-order valence-corrected chi connectivity index (χ3v) is 3.88. The highest BCUT2D eigenvalue weighted by Crippen LogP contribution is 2.32. The van der Waals surface area contributed by atoms with Crippen LogP contribution < -0.4 is 10.6 Å². The smallest absolute Gasteiger partial charge is 0.0991 e. The van der Waals surface area contributed by atoms with Crippen molar-refractivity contribution in [3.8, 4) is 6.07 Å². The van der Waals surface area contributed by atoms with Crippen LogP contribution in [0.3, 0.4) is 0 Å². The molecule has 0 aliphatic carbocycles. The van der Waals surface area contributed by atoms with E-state index in [-0.39, 0.29) is 6.04 Å². The second-order valence-electron chi connectivity index (χ2n) is 4.72. The van der Waals surface area contributed by atoms with Crippen molar-refractivity contribution in [2.75, 3.05) is 11.9 Å². The van der Waals surface area contributed by atoms with Crippen LogP contribution in [-0.4, -0.2) is 7.05 Å². The molecule has 0 aliphatic heterocycles. The summed E-state index contributed by atoms with van der Waals surface area (Å²) in [7, 11) is 1.99. The number of halogens is 1. The van der Waals surface area contributed by atoms with Gasteiger partial charge in [0, 0.05) is 23.2 Å². The van der Waals surface area contributed by atoms with E-state index in [0.29, 0.717) is 5.56 Å². The number of hydrogen-bond donors (Lipinski definition) is 1. The van der Waals surface area contributed by atoms with Crippen LogP contribution in [0.1, 0.15) is 24.1 Å². The normalized spacial score (nSPS) is 11.8. The number of benzene rings is 2. The first-order valence-electron chi connectivity index (χ1n) is 6.32. The van der Waals surface area contributed by atoms with Gasteiger partial charge in [-0.25, -0.2) is 0 Å². The van der Waals surface area contributed by atoms with E-state index >= 15 is 0 Å². The Bertz CT molecular complexity index is 642. The number of hydrogen-bond acceptors (Lipinski definition) is 3. The summed E-state index contributed by atoms with van der Waals surface area (Å²) in [5, 5.41) is 8.83. The topological polar surface area (TPSA) is 53.0 Å². The zero-order valence-electron chi connectivity index (χ0n) is 11.5. The van der Waals surface area contributed by atoms with E-state index in [1.54, 1.807) is 0 Å². The van der Waals surface area contributed by atoms with Crippen LogP contribution in [-0.2, 0) is 0 Å². The lowest BCUT2D eigenvalue weighted by Gasteiger charge is -2.22. The molecule has 0 amide bonds. The molecule has 2 aromatic rings. The van der Waals surface area contributed by atoms with Gasteiger partial charge in [0.25, 0.3) is 0 Å². The molecule has 1 unspecified atom stereocenters. The second kappa shape index (κ2) is 6.08. The highest BCUT2D eigenvalue weighted by Gasteiger charge is 2.10. The first-order chi connectivity index (χ1) is 9.52. The quantitative estimate of drug-likeness (QED) is 0.921. The van der Waals surface area contributed by atoms with Crippen molar-refractivity contribution in [1.82, 2.24) is 0 Å². The lowest BCUT2D eigenvalue weighted by molar-refractivity contribution is 0.817. The maximum atomic E-state index is 8.83. The van der Waals surface area contributed by atoms with Gasteiger partial charge in [-0.2, -0.15) is 5.26 Å². The molecule has 2 rings (SSSR count). The van der Waals surface area contributed by atoms with Crippen molar-refractivity contribution in [2.45, 2.75) is 13.0 Å². The largest absolute Gasteiger partial charge is 0.344 e. The second-order valence-corrected chi connectivity index (χ2v) is 5.57. The summed E-state index contributed by atoms with van der Waals surface area (Å²) in [6.45, 7) is 1.96. The SMILES string of the molecule is CC(N)c1ccc(N(C)c2ccc(C#N)cc2)c(Br)c1. The molecule has 2 aromatic carbocycles. The minimum Gasteiger partial charge on any atom is -0.344 e. The third-order valence-electron chi connectivity index (χ3n) is 3.24. The van der Waals surface area contributed by atoms with E-state index in [1.165, 1.54) is 0 Å². The molecule has 0 aromatic heterocycles. The summed E-state index contributed by atoms with van der Waals surface area (Å²) < 4.78 is 0.999. The average molecular weight is 330 g/mol. The molecule has 0 heterocycles. The number of anilines is 2. The Labute approximate surface area is 127 Å². The maximum Gasteiger partial charge on any atom is 0.0991 e.